The van der Waals surface area contributed by atoms with Crippen molar-refractivity contribution < 1.29 is 13.2 Å². The molecule has 1 atom stereocenters. The van der Waals surface area contributed by atoms with Crippen molar-refractivity contribution in [2.45, 2.75) is 38.1 Å². The van der Waals surface area contributed by atoms with Gasteiger partial charge in [-0.2, -0.15) is 17.4 Å². The van der Waals surface area contributed by atoms with Crippen molar-refractivity contribution >= 4 is 22.6 Å². The molecule has 2 rings (SSSR count). The molecule has 3 N–H and O–H groups in total. The van der Waals surface area contributed by atoms with E-state index in [1.165, 1.54) is 23.6 Å². The number of nitrogens with one attached hydrogen (secondary N) is 1. The van der Waals surface area contributed by atoms with Crippen LogP contribution in [0.4, 0.5) is 0 Å². The first-order chi connectivity index (χ1) is 9.13. The van der Waals surface area contributed by atoms with Crippen LogP contribution in [0.1, 0.15) is 32.1 Å². The maximum atomic E-state index is 12.3. The van der Waals surface area contributed by atoms with Gasteiger partial charge in [0.1, 0.15) is 0 Å². The van der Waals surface area contributed by atoms with E-state index in [9.17, 15) is 8.42 Å². The molecule has 0 radical (unpaired) electrons. The van der Waals surface area contributed by atoms with Crippen LogP contribution in [0.5, 0.6) is 0 Å². The number of morpholine rings is 1. The highest BCUT2D eigenvalue weighted by molar-refractivity contribution is 7.87. The molecule has 20 heavy (non-hydrogen) atoms. The molecule has 8 heteroatoms. The van der Waals surface area contributed by atoms with Crippen molar-refractivity contribution in [3.8, 4) is 0 Å². The Bertz CT molecular complexity index is 368. The molecule has 1 saturated carbocycles. The van der Waals surface area contributed by atoms with Crippen LogP contribution in [0, 0.1) is 5.92 Å². The third kappa shape index (κ3) is 4.82. The molecule has 1 aliphatic carbocycles. The molecule has 1 saturated heterocycles. The first-order valence-corrected chi connectivity index (χ1v) is 8.62. The number of hydrogen-bond donors (Lipinski definition) is 2. The minimum atomic E-state index is -3.42. The molecule has 0 aromatic heterocycles. The molecule has 0 spiro atoms. The van der Waals surface area contributed by atoms with E-state index in [-0.39, 0.29) is 18.4 Å². The second kappa shape index (κ2) is 8.51. The summed E-state index contributed by atoms with van der Waals surface area (Å²) in [6.07, 6.45) is 5.77. The quantitative estimate of drug-likeness (QED) is 0.769. The van der Waals surface area contributed by atoms with Crippen LogP contribution >= 0.6 is 12.4 Å². The lowest BCUT2D eigenvalue weighted by Crippen LogP contribution is -2.53. The number of nitrogens with zero attached hydrogens (tertiary/aromatic N) is 1. The van der Waals surface area contributed by atoms with Gasteiger partial charge < -0.3 is 10.5 Å². The molecule has 0 bridgehead atoms. The van der Waals surface area contributed by atoms with Crippen LogP contribution in [-0.4, -0.2) is 51.6 Å². The molecule has 2 fully saturated rings. The topological polar surface area (TPSA) is 84.7 Å². The van der Waals surface area contributed by atoms with E-state index in [1.54, 1.807) is 0 Å². The van der Waals surface area contributed by atoms with E-state index >= 15 is 0 Å². The van der Waals surface area contributed by atoms with Gasteiger partial charge in [0.15, 0.2) is 0 Å². The Labute approximate surface area is 128 Å². The Kier molecular flexibility index (Phi) is 7.71. The van der Waals surface area contributed by atoms with Gasteiger partial charge in [-0.1, -0.05) is 19.3 Å². The molecule has 120 valence electrons. The lowest BCUT2D eigenvalue weighted by atomic mass is 9.84. The lowest BCUT2D eigenvalue weighted by Gasteiger charge is -2.33. The van der Waals surface area contributed by atoms with Gasteiger partial charge in [-0.25, -0.2) is 0 Å². The van der Waals surface area contributed by atoms with E-state index in [1.807, 2.05) is 0 Å². The van der Waals surface area contributed by atoms with Gasteiger partial charge in [0.2, 0.25) is 0 Å². The van der Waals surface area contributed by atoms with Crippen LogP contribution in [0.15, 0.2) is 0 Å². The summed E-state index contributed by atoms with van der Waals surface area (Å²) < 4.78 is 34.0. The number of halogens is 1. The Morgan fingerprint density at radius 1 is 1.20 bits per heavy atom. The van der Waals surface area contributed by atoms with Gasteiger partial charge in [-0.3, -0.25) is 0 Å². The molecule has 6 nitrogen and oxygen atoms in total. The van der Waals surface area contributed by atoms with E-state index in [0.717, 1.165) is 12.8 Å². The van der Waals surface area contributed by atoms with E-state index in [2.05, 4.69) is 4.72 Å². The predicted molar refractivity (Wildman–Crippen MR) is 81.1 cm³/mol. The van der Waals surface area contributed by atoms with E-state index in [0.29, 0.717) is 38.8 Å². The zero-order valence-electron chi connectivity index (χ0n) is 11.8. The van der Waals surface area contributed by atoms with Crippen molar-refractivity contribution in [1.29, 1.82) is 0 Å². The van der Waals surface area contributed by atoms with Gasteiger partial charge in [0, 0.05) is 25.7 Å². The summed E-state index contributed by atoms with van der Waals surface area (Å²) in [5, 5.41) is 0. The Hall–Kier alpha value is 0.0800. The second-order valence-corrected chi connectivity index (χ2v) is 7.08. The third-order valence-corrected chi connectivity index (χ3v) is 5.73. The summed E-state index contributed by atoms with van der Waals surface area (Å²) in [4.78, 5) is 0. The van der Waals surface area contributed by atoms with Gasteiger partial charge in [-0.05, 0) is 18.8 Å². The highest BCUT2D eigenvalue weighted by Crippen LogP contribution is 2.26. The third-order valence-electron chi connectivity index (χ3n) is 4.08. The number of rotatable bonds is 5. The van der Waals surface area contributed by atoms with Crippen LogP contribution in [0.25, 0.3) is 0 Å². The minimum Gasteiger partial charge on any atom is -0.379 e. The maximum Gasteiger partial charge on any atom is 0.279 e. The monoisotopic (exact) mass is 327 g/mol. The molecule has 0 aromatic rings. The molecule has 1 aliphatic heterocycles. The molecular weight excluding hydrogens is 302 g/mol. The first kappa shape index (κ1) is 18.1. The SMILES string of the molecule is Cl.NCC(NS(=O)(=O)N1CCOCC1)C1CCCCC1. The highest BCUT2D eigenvalue weighted by Gasteiger charge is 2.30. The zero-order valence-corrected chi connectivity index (χ0v) is 13.4. The molecule has 1 heterocycles. The Balaban J connectivity index is 0.00000200. The van der Waals surface area contributed by atoms with Gasteiger partial charge in [0.25, 0.3) is 10.2 Å². The fourth-order valence-electron chi connectivity index (χ4n) is 2.93. The fraction of sp³-hybridized carbons (Fsp3) is 1.00. The summed E-state index contributed by atoms with van der Waals surface area (Å²) in [6.45, 7) is 2.16. The first-order valence-electron chi connectivity index (χ1n) is 7.18. The summed E-state index contributed by atoms with van der Waals surface area (Å²) in [6, 6.07) is -0.131. The largest absolute Gasteiger partial charge is 0.379 e. The van der Waals surface area contributed by atoms with Crippen LogP contribution in [-0.2, 0) is 14.9 Å². The lowest BCUT2D eigenvalue weighted by molar-refractivity contribution is 0.0721. The summed E-state index contributed by atoms with van der Waals surface area (Å²) in [5.41, 5.74) is 5.77. The highest BCUT2D eigenvalue weighted by atomic mass is 35.5. The Morgan fingerprint density at radius 2 is 1.80 bits per heavy atom. The number of ether oxygens (including phenoxy) is 1. The van der Waals surface area contributed by atoms with E-state index in [4.69, 9.17) is 10.5 Å². The van der Waals surface area contributed by atoms with Crippen molar-refractivity contribution in [3.63, 3.8) is 0 Å². The molecule has 2 aliphatic rings. The average Bonchev–Trinajstić information content (AvgIpc) is 2.47. The average molecular weight is 328 g/mol. The van der Waals surface area contributed by atoms with Gasteiger partial charge in [-0.15, -0.1) is 12.4 Å². The molecule has 0 aromatic carbocycles. The number of nitrogens with two attached hydrogens (primary N) is 1. The number of hydrogen-bond acceptors (Lipinski definition) is 4. The van der Waals surface area contributed by atoms with Crippen molar-refractivity contribution in [3.05, 3.63) is 0 Å². The normalized spacial score (nSPS) is 24.1. The molecule has 0 amide bonds. The van der Waals surface area contributed by atoms with E-state index < -0.39 is 10.2 Å². The second-order valence-electron chi connectivity index (χ2n) is 5.37. The fourth-order valence-corrected chi connectivity index (χ4v) is 4.38. The predicted octanol–water partition coefficient (Wildman–Crippen LogP) is 0.482. The standard InChI is InChI=1S/C12H25N3O3S.ClH/c13-10-12(11-4-2-1-3-5-11)14-19(16,17)15-6-8-18-9-7-15;/h11-12,14H,1-10,13H2;1H. The van der Waals surface area contributed by atoms with Crippen LogP contribution < -0.4 is 10.5 Å². The minimum absolute atomic E-state index is 0. The smallest absolute Gasteiger partial charge is 0.279 e. The maximum absolute atomic E-state index is 12.3. The Morgan fingerprint density at radius 3 is 2.35 bits per heavy atom. The zero-order chi connectivity index (χ0) is 13.7. The van der Waals surface area contributed by atoms with Crippen molar-refractivity contribution in [2.75, 3.05) is 32.8 Å². The van der Waals surface area contributed by atoms with Crippen LogP contribution in [0.2, 0.25) is 0 Å². The molecular formula is C12H26ClN3O3S. The van der Waals surface area contributed by atoms with Crippen molar-refractivity contribution in [2.24, 2.45) is 11.7 Å². The summed E-state index contributed by atoms with van der Waals surface area (Å²) in [7, 11) is -3.42. The summed E-state index contributed by atoms with van der Waals surface area (Å²) in [5.74, 6) is 0.384. The van der Waals surface area contributed by atoms with Crippen LogP contribution in [0.3, 0.4) is 0 Å². The summed E-state index contributed by atoms with van der Waals surface area (Å²) >= 11 is 0. The van der Waals surface area contributed by atoms with Gasteiger partial charge in [0.05, 0.1) is 13.2 Å². The van der Waals surface area contributed by atoms with Crippen molar-refractivity contribution in [1.82, 2.24) is 9.03 Å². The molecule has 1 unspecified atom stereocenters. The van der Waals surface area contributed by atoms with Gasteiger partial charge >= 0.3 is 0 Å².